The van der Waals surface area contributed by atoms with Gasteiger partial charge in [-0.2, -0.15) is 4.37 Å². The molecule has 0 spiro atoms. The van der Waals surface area contributed by atoms with Crippen LogP contribution >= 0.6 is 11.5 Å². The summed E-state index contributed by atoms with van der Waals surface area (Å²) in [4.78, 5) is 11.8. The van der Waals surface area contributed by atoms with E-state index in [2.05, 4.69) is 9.69 Å². The lowest BCUT2D eigenvalue weighted by molar-refractivity contribution is 0.215. The van der Waals surface area contributed by atoms with Crippen LogP contribution in [0.5, 0.6) is 5.75 Å². The predicted octanol–water partition coefficient (Wildman–Crippen LogP) is 4.88. The number of para-hydroxylation sites is 1. The number of carbonyl (C=O) groups excluding carboxylic acids is 1. The van der Waals surface area contributed by atoms with E-state index in [4.69, 9.17) is 4.74 Å². The molecule has 1 aliphatic rings. The Morgan fingerprint density at radius 2 is 2.00 bits per heavy atom. The van der Waals surface area contributed by atoms with Gasteiger partial charge in [0.05, 0.1) is 5.69 Å². The van der Waals surface area contributed by atoms with Crippen molar-refractivity contribution in [2.45, 2.75) is 38.5 Å². The molecule has 1 fully saturated rings. The van der Waals surface area contributed by atoms with Gasteiger partial charge >= 0.3 is 6.09 Å². The maximum atomic E-state index is 11.8. The molecule has 1 saturated carbocycles. The molecular formula is C17H20N2O2S. The molecule has 116 valence electrons. The van der Waals surface area contributed by atoms with Gasteiger partial charge in [-0.1, -0.05) is 50.3 Å². The summed E-state index contributed by atoms with van der Waals surface area (Å²) < 4.78 is 9.65. The second kappa shape index (κ2) is 7.40. The second-order valence-electron chi connectivity index (χ2n) is 5.72. The third-order valence-electron chi connectivity index (χ3n) is 3.96. The van der Waals surface area contributed by atoms with E-state index in [1.807, 2.05) is 24.3 Å². The summed E-state index contributed by atoms with van der Waals surface area (Å²) in [5.41, 5.74) is 1.08. The second-order valence-corrected chi connectivity index (χ2v) is 6.52. The van der Waals surface area contributed by atoms with Crippen molar-refractivity contribution in [2.75, 3.05) is 5.32 Å². The Bertz CT molecular complexity index is 606. The molecule has 0 bridgehead atoms. The summed E-state index contributed by atoms with van der Waals surface area (Å²) >= 11 is 1.32. The molecule has 0 atom stereocenters. The summed E-state index contributed by atoms with van der Waals surface area (Å²) in [7, 11) is 0. The first-order chi connectivity index (χ1) is 10.8. The number of hydrogen-bond donors (Lipinski definition) is 1. The molecule has 3 rings (SSSR count). The van der Waals surface area contributed by atoms with E-state index < -0.39 is 6.09 Å². The van der Waals surface area contributed by atoms with Gasteiger partial charge in [0, 0.05) is 0 Å². The Morgan fingerprint density at radius 3 is 2.77 bits per heavy atom. The van der Waals surface area contributed by atoms with Crippen molar-refractivity contribution in [3.8, 4) is 5.75 Å². The molecule has 22 heavy (non-hydrogen) atoms. The van der Waals surface area contributed by atoms with E-state index in [0.717, 1.165) is 23.0 Å². The quantitative estimate of drug-likeness (QED) is 0.875. The van der Waals surface area contributed by atoms with Crippen LogP contribution in [-0.4, -0.2) is 10.5 Å². The summed E-state index contributed by atoms with van der Waals surface area (Å²) in [6.45, 7) is 0. The van der Waals surface area contributed by atoms with E-state index in [0.29, 0.717) is 5.75 Å². The molecule has 5 heteroatoms. The Labute approximate surface area is 134 Å². The number of rotatable bonds is 4. The van der Waals surface area contributed by atoms with Crippen molar-refractivity contribution >= 4 is 22.6 Å². The lowest BCUT2D eigenvalue weighted by Gasteiger charge is -2.20. The van der Waals surface area contributed by atoms with Crippen LogP contribution < -0.4 is 10.1 Å². The monoisotopic (exact) mass is 316 g/mol. The zero-order valence-corrected chi connectivity index (χ0v) is 13.3. The molecule has 1 aliphatic carbocycles. The number of nitrogens with one attached hydrogen (secondary N) is 1. The van der Waals surface area contributed by atoms with Crippen LogP contribution in [0.2, 0.25) is 0 Å². The maximum Gasteiger partial charge on any atom is 0.417 e. The van der Waals surface area contributed by atoms with Gasteiger partial charge in [-0.15, -0.1) is 0 Å². The highest BCUT2D eigenvalue weighted by Crippen LogP contribution is 2.28. The third kappa shape index (κ3) is 4.31. The fraction of sp³-hybridized carbons (Fsp3) is 0.412. The van der Waals surface area contributed by atoms with Crippen molar-refractivity contribution < 1.29 is 9.53 Å². The van der Waals surface area contributed by atoms with Gasteiger partial charge in [0.25, 0.3) is 0 Å². The minimum Gasteiger partial charge on any atom is -0.410 e. The number of benzene rings is 1. The predicted molar refractivity (Wildman–Crippen MR) is 88.5 cm³/mol. The van der Waals surface area contributed by atoms with Gasteiger partial charge < -0.3 is 4.74 Å². The summed E-state index contributed by atoms with van der Waals surface area (Å²) in [6.07, 6.45) is 7.19. The van der Waals surface area contributed by atoms with Gasteiger partial charge in [-0.25, -0.2) is 4.79 Å². The normalized spacial score (nSPS) is 15.5. The highest BCUT2D eigenvalue weighted by Gasteiger charge is 2.16. The van der Waals surface area contributed by atoms with E-state index in [-0.39, 0.29) is 0 Å². The SMILES string of the molecule is O=C(Nc1cc(CC2CCCCC2)ns1)Oc1ccccc1. The molecule has 1 amide bonds. The van der Waals surface area contributed by atoms with Crippen LogP contribution in [0, 0.1) is 5.92 Å². The molecule has 0 unspecified atom stereocenters. The largest absolute Gasteiger partial charge is 0.417 e. The standard InChI is InChI=1S/C17H20N2O2S/c20-17(21-15-9-5-2-6-10-15)18-16-12-14(19-22-16)11-13-7-3-1-4-8-13/h2,5-6,9-10,12-13H,1,3-4,7-8,11H2,(H,18,20). The van der Waals surface area contributed by atoms with Crippen molar-refractivity contribution in [3.63, 3.8) is 0 Å². The minimum atomic E-state index is -0.473. The van der Waals surface area contributed by atoms with Gasteiger partial charge in [-0.3, -0.25) is 5.32 Å². The zero-order chi connectivity index (χ0) is 15.2. The van der Waals surface area contributed by atoms with Gasteiger partial charge in [-0.05, 0) is 42.1 Å². The first-order valence-corrected chi connectivity index (χ1v) is 8.56. The average Bonchev–Trinajstić information content (AvgIpc) is 2.96. The topological polar surface area (TPSA) is 51.2 Å². The summed E-state index contributed by atoms with van der Waals surface area (Å²) in [5, 5.41) is 3.49. The van der Waals surface area contributed by atoms with E-state index >= 15 is 0 Å². The first kappa shape index (κ1) is 15.0. The summed E-state index contributed by atoms with van der Waals surface area (Å²) in [5.74, 6) is 1.28. The van der Waals surface area contributed by atoms with E-state index in [1.165, 1.54) is 43.6 Å². The Morgan fingerprint density at radius 1 is 1.23 bits per heavy atom. The van der Waals surface area contributed by atoms with Crippen molar-refractivity contribution in [2.24, 2.45) is 5.92 Å². The number of ether oxygens (including phenoxy) is 1. The van der Waals surface area contributed by atoms with Crippen LogP contribution in [0.25, 0.3) is 0 Å². The lowest BCUT2D eigenvalue weighted by atomic mass is 9.86. The fourth-order valence-electron chi connectivity index (χ4n) is 2.88. The zero-order valence-electron chi connectivity index (χ0n) is 12.5. The molecule has 0 radical (unpaired) electrons. The molecule has 0 aliphatic heterocycles. The van der Waals surface area contributed by atoms with Gasteiger partial charge in [0.2, 0.25) is 0 Å². The number of carbonyl (C=O) groups is 1. The van der Waals surface area contributed by atoms with Crippen molar-refractivity contribution in [3.05, 3.63) is 42.1 Å². The van der Waals surface area contributed by atoms with Crippen molar-refractivity contribution in [1.82, 2.24) is 4.37 Å². The Hall–Kier alpha value is -1.88. The third-order valence-corrected chi connectivity index (χ3v) is 4.70. The van der Waals surface area contributed by atoms with Crippen molar-refractivity contribution in [1.29, 1.82) is 0 Å². The smallest absolute Gasteiger partial charge is 0.410 e. The fourth-order valence-corrected chi connectivity index (χ4v) is 3.54. The van der Waals surface area contributed by atoms with Gasteiger partial charge in [0.1, 0.15) is 10.8 Å². The Balaban J connectivity index is 1.51. The molecule has 1 N–H and O–H groups in total. The Kier molecular flexibility index (Phi) is 5.06. The summed E-state index contributed by atoms with van der Waals surface area (Å²) in [6, 6.07) is 11.0. The molecule has 1 heterocycles. The van der Waals surface area contributed by atoms with Crippen LogP contribution in [0.3, 0.4) is 0 Å². The molecule has 0 saturated heterocycles. The molecule has 1 aromatic carbocycles. The number of amides is 1. The van der Waals surface area contributed by atoms with Crippen LogP contribution in [0.4, 0.5) is 9.80 Å². The molecular weight excluding hydrogens is 296 g/mol. The number of nitrogens with zero attached hydrogens (tertiary/aromatic N) is 1. The molecule has 1 aromatic heterocycles. The number of hydrogen-bond acceptors (Lipinski definition) is 4. The van der Waals surface area contributed by atoms with Gasteiger partial charge in [0.15, 0.2) is 0 Å². The minimum absolute atomic E-state index is 0.473. The van der Waals surface area contributed by atoms with Crippen LogP contribution in [0.1, 0.15) is 37.8 Å². The van der Waals surface area contributed by atoms with E-state index in [1.54, 1.807) is 12.1 Å². The highest BCUT2D eigenvalue weighted by atomic mass is 32.1. The lowest BCUT2D eigenvalue weighted by Crippen LogP contribution is -2.15. The van der Waals surface area contributed by atoms with Crippen LogP contribution in [0.15, 0.2) is 36.4 Å². The maximum absolute atomic E-state index is 11.8. The number of anilines is 1. The average molecular weight is 316 g/mol. The molecule has 2 aromatic rings. The molecule has 4 nitrogen and oxygen atoms in total. The van der Waals surface area contributed by atoms with Crippen LogP contribution in [-0.2, 0) is 6.42 Å². The van der Waals surface area contributed by atoms with E-state index in [9.17, 15) is 4.79 Å². The highest BCUT2D eigenvalue weighted by molar-refractivity contribution is 7.10. The first-order valence-electron chi connectivity index (χ1n) is 7.79. The number of aromatic nitrogens is 1.